The predicted molar refractivity (Wildman–Crippen MR) is 134 cm³/mol. The maximum Gasteiger partial charge on any atom is 0.252 e. The van der Waals surface area contributed by atoms with Crippen molar-refractivity contribution in [2.75, 3.05) is 7.05 Å². The van der Waals surface area contributed by atoms with Gasteiger partial charge in [0.1, 0.15) is 5.82 Å². The largest absolute Gasteiger partial charge is 0.410 e. The van der Waals surface area contributed by atoms with Crippen molar-refractivity contribution in [3.05, 3.63) is 33.0 Å². The zero-order chi connectivity index (χ0) is 24.2. The van der Waals surface area contributed by atoms with Crippen LogP contribution in [0.4, 0.5) is 4.39 Å². The van der Waals surface area contributed by atoms with Crippen LogP contribution in [0.5, 0.6) is 0 Å². The minimum absolute atomic E-state index is 0.00127. The topological polar surface area (TPSA) is 47.6 Å². The lowest BCUT2D eigenvalue weighted by Crippen LogP contribution is -2.42. The minimum Gasteiger partial charge on any atom is -0.410 e. The van der Waals surface area contributed by atoms with E-state index < -0.39 is 22.5 Å². The van der Waals surface area contributed by atoms with Crippen molar-refractivity contribution in [2.45, 2.75) is 96.4 Å². The lowest BCUT2D eigenvalue weighted by molar-refractivity contribution is 0.0961. The molecule has 2 rings (SSSR count). The maximum atomic E-state index is 15.7. The monoisotopic (exact) mass is 531 g/mol. The molecule has 176 valence electrons. The number of carbonyl (C=O) groups is 1. The maximum absolute atomic E-state index is 15.7. The van der Waals surface area contributed by atoms with Crippen molar-refractivity contribution in [1.82, 2.24) is 5.32 Å². The second-order valence-corrected chi connectivity index (χ2v) is 21.9. The van der Waals surface area contributed by atoms with Crippen molar-refractivity contribution in [3.63, 3.8) is 0 Å². The Bertz CT molecular complexity index is 860. The predicted octanol–water partition coefficient (Wildman–Crippen LogP) is 7.48. The Morgan fingerprint density at radius 1 is 1.03 bits per heavy atom. The van der Waals surface area contributed by atoms with E-state index in [1.165, 1.54) is 0 Å². The molecular weight excluding hydrogens is 493 g/mol. The Balaban J connectivity index is 2.62. The number of amides is 1. The molecule has 1 aliphatic rings. The zero-order valence-corrected chi connectivity index (χ0v) is 24.5. The number of halogens is 2. The van der Waals surface area contributed by atoms with Gasteiger partial charge in [-0.3, -0.25) is 4.79 Å². The van der Waals surface area contributed by atoms with E-state index in [-0.39, 0.29) is 38.2 Å². The summed E-state index contributed by atoms with van der Waals surface area (Å²) in [6, 6.07) is 1.79. The van der Waals surface area contributed by atoms with Crippen LogP contribution in [0.15, 0.2) is 10.5 Å². The molecule has 1 amide bonds. The van der Waals surface area contributed by atoms with Crippen molar-refractivity contribution < 1.29 is 18.0 Å². The third-order valence-electron chi connectivity index (χ3n) is 7.33. The van der Waals surface area contributed by atoms with Gasteiger partial charge in [0, 0.05) is 19.0 Å². The van der Waals surface area contributed by atoms with Gasteiger partial charge >= 0.3 is 0 Å². The van der Waals surface area contributed by atoms with E-state index in [9.17, 15) is 4.79 Å². The van der Waals surface area contributed by atoms with Crippen molar-refractivity contribution >= 4 is 38.5 Å². The number of rotatable bonds is 5. The van der Waals surface area contributed by atoms with Crippen LogP contribution >= 0.6 is 15.9 Å². The number of benzene rings is 1. The molecule has 1 aromatic carbocycles. The van der Waals surface area contributed by atoms with Gasteiger partial charge < -0.3 is 14.2 Å². The second kappa shape index (κ2) is 8.67. The normalized spacial score (nSPS) is 20.0. The van der Waals surface area contributed by atoms with Crippen LogP contribution in [0.3, 0.4) is 0 Å². The van der Waals surface area contributed by atoms with Gasteiger partial charge in [0.05, 0.1) is 22.2 Å². The highest BCUT2D eigenvalue weighted by Gasteiger charge is 2.47. The second-order valence-electron chi connectivity index (χ2n) is 11.6. The van der Waals surface area contributed by atoms with E-state index >= 15 is 4.39 Å². The highest BCUT2D eigenvalue weighted by molar-refractivity contribution is 9.10. The fraction of sp³-hybridized carbons (Fsp3) is 0.696. The summed E-state index contributed by atoms with van der Waals surface area (Å²) in [5.74, 6) is -0.741. The molecule has 0 radical (unpaired) electrons. The van der Waals surface area contributed by atoms with Crippen LogP contribution in [0.1, 0.15) is 81.7 Å². The molecule has 0 saturated carbocycles. The number of nitrogens with one attached hydrogen (secondary N) is 1. The molecule has 1 N–H and O–H groups in total. The van der Waals surface area contributed by atoms with Crippen LogP contribution in [0, 0.1) is 5.82 Å². The first kappa shape index (κ1) is 26.7. The van der Waals surface area contributed by atoms with E-state index in [2.05, 4.69) is 89.0 Å². The summed E-state index contributed by atoms with van der Waals surface area (Å²) >= 11 is 3.32. The zero-order valence-electron chi connectivity index (χ0n) is 20.9. The van der Waals surface area contributed by atoms with Crippen molar-refractivity contribution in [2.24, 2.45) is 0 Å². The molecular formula is C23H39BrFNO3Si2. The van der Waals surface area contributed by atoms with E-state index in [0.717, 1.165) is 5.56 Å². The number of hydrogen-bond acceptors (Lipinski definition) is 3. The van der Waals surface area contributed by atoms with Crippen LogP contribution < -0.4 is 5.32 Å². The molecule has 2 atom stereocenters. The molecule has 0 aliphatic heterocycles. The van der Waals surface area contributed by atoms with Crippen molar-refractivity contribution in [3.8, 4) is 0 Å². The number of hydrogen-bond donors (Lipinski definition) is 1. The summed E-state index contributed by atoms with van der Waals surface area (Å²) in [5.41, 5.74) is 1.57. The molecule has 0 heterocycles. The molecule has 31 heavy (non-hydrogen) atoms. The number of carbonyl (C=O) groups excluding carboxylic acids is 1. The Hall–Kier alpha value is -0.546. The van der Waals surface area contributed by atoms with Gasteiger partial charge in [-0.15, -0.1) is 0 Å². The first-order valence-corrected chi connectivity index (χ1v) is 17.5. The number of fused-ring (bicyclic) bond motifs is 1. The Labute approximate surface area is 198 Å². The fourth-order valence-corrected chi connectivity index (χ4v) is 6.35. The fourth-order valence-electron chi connectivity index (χ4n) is 3.28. The Kier molecular flexibility index (Phi) is 7.47. The molecule has 0 aromatic heterocycles. The lowest BCUT2D eigenvalue weighted by atomic mass is 10.0. The standard InChI is InChI=1S/C23H39BrFNO3Si2/c1-22(2,3)30(8,9)28-16-13-17(29-31(10,11)23(4,5)6)18-14(16)12-15(21(27)26-7)19(24)20(18)25/h12,16-17H,13H2,1-11H3,(H,26,27). The highest BCUT2D eigenvalue weighted by Crippen LogP contribution is 2.52. The van der Waals surface area contributed by atoms with Gasteiger partial charge in [-0.25, -0.2) is 4.39 Å². The third kappa shape index (κ3) is 5.18. The van der Waals surface area contributed by atoms with Crippen LogP contribution in [-0.2, 0) is 8.85 Å². The van der Waals surface area contributed by atoms with Gasteiger partial charge in [-0.05, 0) is 63.8 Å². The van der Waals surface area contributed by atoms with E-state index in [4.69, 9.17) is 8.85 Å². The molecule has 1 aliphatic carbocycles. The average Bonchev–Trinajstić information content (AvgIpc) is 2.91. The minimum atomic E-state index is -2.15. The van der Waals surface area contributed by atoms with Gasteiger partial charge in [0.25, 0.3) is 5.91 Å². The SMILES string of the molecule is CNC(=O)c1cc2c(c(F)c1Br)C(O[Si](C)(C)C(C)(C)C)CC2O[Si](C)(C)C(C)(C)C. The Morgan fingerprint density at radius 3 is 1.90 bits per heavy atom. The summed E-state index contributed by atoms with van der Waals surface area (Å²) in [6.07, 6.45) is -0.119. The van der Waals surface area contributed by atoms with Crippen LogP contribution in [0.2, 0.25) is 36.3 Å². The van der Waals surface area contributed by atoms with E-state index in [0.29, 0.717) is 12.0 Å². The molecule has 8 heteroatoms. The highest BCUT2D eigenvalue weighted by atomic mass is 79.9. The molecule has 4 nitrogen and oxygen atoms in total. The molecule has 0 saturated heterocycles. The van der Waals surface area contributed by atoms with E-state index in [1.54, 1.807) is 13.1 Å². The summed E-state index contributed by atoms with van der Waals surface area (Å²) in [5, 5.41) is 2.62. The quantitative estimate of drug-likeness (QED) is 0.400. The summed E-state index contributed by atoms with van der Waals surface area (Å²) in [4.78, 5) is 12.4. The van der Waals surface area contributed by atoms with Gasteiger partial charge in [0.15, 0.2) is 16.6 Å². The van der Waals surface area contributed by atoms with Gasteiger partial charge in [-0.2, -0.15) is 0 Å². The van der Waals surface area contributed by atoms with Crippen LogP contribution in [-0.4, -0.2) is 29.6 Å². The first-order valence-electron chi connectivity index (χ1n) is 10.9. The van der Waals surface area contributed by atoms with Crippen LogP contribution in [0.25, 0.3) is 0 Å². The molecule has 0 spiro atoms. The summed E-state index contributed by atoms with van der Waals surface area (Å²) < 4.78 is 29.3. The molecule has 2 unspecified atom stereocenters. The Morgan fingerprint density at radius 2 is 1.48 bits per heavy atom. The molecule has 0 bridgehead atoms. The smallest absolute Gasteiger partial charge is 0.252 e. The van der Waals surface area contributed by atoms with Gasteiger partial charge in [0.2, 0.25) is 0 Å². The average molecular weight is 533 g/mol. The molecule has 1 aromatic rings. The summed E-state index contributed by atoms with van der Waals surface area (Å²) in [6.45, 7) is 21.9. The third-order valence-corrected chi connectivity index (χ3v) is 17.1. The molecule has 0 fully saturated rings. The lowest BCUT2D eigenvalue weighted by Gasteiger charge is -2.40. The summed E-state index contributed by atoms with van der Waals surface area (Å²) in [7, 11) is -2.73. The van der Waals surface area contributed by atoms with E-state index in [1.807, 2.05) is 0 Å². The van der Waals surface area contributed by atoms with Gasteiger partial charge in [-0.1, -0.05) is 41.5 Å². The van der Waals surface area contributed by atoms with Crippen molar-refractivity contribution in [1.29, 1.82) is 0 Å². The first-order chi connectivity index (χ1) is 13.8.